The van der Waals surface area contributed by atoms with Crippen molar-refractivity contribution in [2.45, 2.75) is 12.3 Å². The summed E-state index contributed by atoms with van der Waals surface area (Å²) in [6.07, 6.45) is -0.567. The molecule has 0 amide bonds. The van der Waals surface area contributed by atoms with Gasteiger partial charge in [0.2, 0.25) is 0 Å². The highest BCUT2D eigenvalue weighted by Gasteiger charge is 2.33. The zero-order chi connectivity index (χ0) is 13.9. The summed E-state index contributed by atoms with van der Waals surface area (Å²) in [5.41, 5.74) is 0.0505. The largest absolute Gasteiger partial charge is 0.314 e. The maximum atomic E-state index is 14.0. The minimum absolute atomic E-state index is 0.0505. The van der Waals surface area contributed by atoms with Crippen molar-refractivity contribution in [3.8, 4) is 0 Å². The van der Waals surface area contributed by atoms with Gasteiger partial charge in [-0.05, 0) is 23.8 Å². The van der Waals surface area contributed by atoms with Crippen molar-refractivity contribution >= 4 is 15.9 Å². The van der Waals surface area contributed by atoms with Crippen LogP contribution in [0.25, 0.3) is 0 Å². The van der Waals surface area contributed by atoms with Crippen molar-refractivity contribution in [2.75, 3.05) is 32.7 Å². The van der Waals surface area contributed by atoms with Crippen LogP contribution in [0, 0.1) is 5.82 Å². The van der Waals surface area contributed by atoms with Crippen LogP contribution in [0.5, 0.6) is 0 Å². The molecule has 0 spiro atoms. The van der Waals surface area contributed by atoms with Crippen LogP contribution in [0.4, 0.5) is 13.2 Å². The molecule has 0 saturated carbocycles. The summed E-state index contributed by atoms with van der Waals surface area (Å²) in [5, 5.41) is 3.11. The summed E-state index contributed by atoms with van der Waals surface area (Å²) in [6, 6.07) is 4.13. The highest BCUT2D eigenvalue weighted by molar-refractivity contribution is 9.10. The Morgan fingerprint density at radius 3 is 2.63 bits per heavy atom. The van der Waals surface area contributed by atoms with Crippen LogP contribution in [-0.2, 0) is 6.42 Å². The van der Waals surface area contributed by atoms with Gasteiger partial charge in [0.1, 0.15) is 5.82 Å². The number of hydrogen-bond donors (Lipinski definition) is 1. The Hall–Kier alpha value is -0.590. The normalized spacial score (nSPS) is 17.7. The van der Waals surface area contributed by atoms with Gasteiger partial charge in [-0.25, -0.2) is 13.2 Å². The van der Waals surface area contributed by atoms with Crippen LogP contribution in [-0.4, -0.2) is 43.5 Å². The molecule has 106 valence electrons. The summed E-state index contributed by atoms with van der Waals surface area (Å²) in [6.45, 7) is 2.34. The Morgan fingerprint density at radius 2 is 1.95 bits per heavy atom. The lowest BCUT2D eigenvalue weighted by molar-refractivity contribution is -0.0343. The highest BCUT2D eigenvalue weighted by atomic mass is 79.9. The molecule has 6 heteroatoms. The van der Waals surface area contributed by atoms with Gasteiger partial charge in [0.15, 0.2) is 0 Å². The van der Waals surface area contributed by atoms with E-state index in [1.165, 1.54) is 18.2 Å². The first-order chi connectivity index (χ1) is 8.96. The van der Waals surface area contributed by atoms with Gasteiger partial charge in [-0.3, -0.25) is 4.90 Å². The van der Waals surface area contributed by atoms with E-state index in [-0.39, 0.29) is 12.1 Å². The maximum Gasteiger partial charge on any atom is 0.264 e. The van der Waals surface area contributed by atoms with Crippen molar-refractivity contribution in [3.63, 3.8) is 0 Å². The number of piperazine rings is 1. The monoisotopic (exact) mass is 336 g/mol. The van der Waals surface area contributed by atoms with Gasteiger partial charge in [-0.2, -0.15) is 0 Å². The molecule has 1 aromatic carbocycles. The van der Waals surface area contributed by atoms with Crippen molar-refractivity contribution < 1.29 is 13.2 Å². The standard InChI is InChI=1S/C13H16BrF3N2/c14-11-1-2-12(15)10(7-11)8-13(16,17)9-19-5-3-18-4-6-19/h1-2,7,18H,3-6,8-9H2. The molecule has 0 bridgehead atoms. The van der Waals surface area contributed by atoms with Gasteiger partial charge in [0.25, 0.3) is 5.92 Å². The third kappa shape index (κ3) is 4.47. The molecule has 1 aromatic rings. The Balaban J connectivity index is 2.00. The number of alkyl halides is 2. The summed E-state index contributed by atoms with van der Waals surface area (Å²) < 4.78 is 42.0. The van der Waals surface area contributed by atoms with Gasteiger partial charge in [0, 0.05) is 37.1 Å². The van der Waals surface area contributed by atoms with E-state index in [0.29, 0.717) is 17.6 Å². The Kier molecular flexibility index (Phi) is 4.86. The Labute approximate surface area is 119 Å². The molecule has 1 fully saturated rings. The van der Waals surface area contributed by atoms with Crippen molar-refractivity contribution in [1.29, 1.82) is 0 Å². The number of halogens is 4. The van der Waals surface area contributed by atoms with Gasteiger partial charge in [-0.15, -0.1) is 0 Å². The number of nitrogens with zero attached hydrogens (tertiary/aromatic N) is 1. The summed E-state index contributed by atoms with van der Waals surface area (Å²) in [7, 11) is 0. The number of nitrogens with one attached hydrogen (secondary N) is 1. The molecule has 19 heavy (non-hydrogen) atoms. The van der Waals surface area contributed by atoms with Crippen molar-refractivity contribution in [3.05, 3.63) is 34.1 Å². The number of rotatable bonds is 4. The number of benzene rings is 1. The lowest BCUT2D eigenvalue weighted by atomic mass is 10.1. The second kappa shape index (κ2) is 6.24. The third-order valence-corrected chi connectivity index (χ3v) is 3.61. The molecule has 1 heterocycles. The van der Waals surface area contributed by atoms with Crippen molar-refractivity contribution in [1.82, 2.24) is 10.2 Å². The minimum Gasteiger partial charge on any atom is -0.314 e. The van der Waals surface area contributed by atoms with Crippen LogP contribution in [0.1, 0.15) is 5.56 Å². The van der Waals surface area contributed by atoms with Crippen LogP contribution in [0.3, 0.4) is 0 Å². The second-order valence-electron chi connectivity index (χ2n) is 4.79. The van der Waals surface area contributed by atoms with Gasteiger partial charge >= 0.3 is 0 Å². The topological polar surface area (TPSA) is 15.3 Å². The van der Waals surface area contributed by atoms with Crippen LogP contribution < -0.4 is 5.32 Å². The van der Waals surface area contributed by atoms with E-state index in [9.17, 15) is 13.2 Å². The second-order valence-corrected chi connectivity index (χ2v) is 5.71. The Morgan fingerprint density at radius 1 is 1.26 bits per heavy atom. The summed E-state index contributed by atoms with van der Waals surface area (Å²) in [5.74, 6) is -3.50. The Bertz CT molecular complexity index is 434. The smallest absolute Gasteiger partial charge is 0.264 e. The molecular weight excluding hydrogens is 321 g/mol. The predicted octanol–water partition coefficient (Wildman–Crippen LogP) is 2.67. The average molecular weight is 337 g/mol. The lowest BCUT2D eigenvalue weighted by Gasteiger charge is -2.30. The van der Waals surface area contributed by atoms with Crippen LogP contribution in [0.15, 0.2) is 22.7 Å². The molecule has 1 aliphatic heterocycles. The summed E-state index contributed by atoms with van der Waals surface area (Å²) in [4.78, 5) is 1.71. The van der Waals surface area contributed by atoms with E-state index in [2.05, 4.69) is 21.2 Å². The quantitative estimate of drug-likeness (QED) is 0.909. The van der Waals surface area contributed by atoms with E-state index < -0.39 is 18.2 Å². The lowest BCUT2D eigenvalue weighted by Crippen LogP contribution is -2.48. The van der Waals surface area contributed by atoms with E-state index in [0.717, 1.165) is 13.1 Å². The first kappa shape index (κ1) is 14.8. The molecule has 0 atom stereocenters. The maximum absolute atomic E-state index is 14.0. The first-order valence-electron chi connectivity index (χ1n) is 6.21. The highest BCUT2D eigenvalue weighted by Crippen LogP contribution is 2.25. The van der Waals surface area contributed by atoms with Crippen LogP contribution in [0.2, 0.25) is 0 Å². The molecule has 0 aromatic heterocycles. The van der Waals surface area contributed by atoms with Gasteiger partial charge in [0.05, 0.1) is 6.54 Å². The van der Waals surface area contributed by atoms with Crippen molar-refractivity contribution in [2.24, 2.45) is 0 Å². The zero-order valence-electron chi connectivity index (χ0n) is 10.4. The van der Waals surface area contributed by atoms with E-state index in [1.807, 2.05) is 0 Å². The first-order valence-corrected chi connectivity index (χ1v) is 7.00. The fraction of sp³-hybridized carbons (Fsp3) is 0.538. The molecule has 1 aliphatic rings. The van der Waals surface area contributed by atoms with Gasteiger partial charge in [-0.1, -0.05) is 15.9 Å². The fourth-order valence-electron chi connectivity index (χ4n) is 2.21. The predicted molar refractivity (Wildman–Crippen MR) is 72.1 cm³/mol. The molecule has 2 rings (SSSR count). The average Bonchev–Trinajstić information content (AvgIpc) is 2.34. The van der Waals surface area contributed by atoms with Gasteiger partial charge < -0.3 is 5.32 Å². The van der Waals surface area contributed by atoms with E-state index in [1.54, 1.807) is 4.90 Å². The molecule has 1 saturated heterocycles. The minimum atomic E-state index is -2.92. The zero-order valence-corrected chi connectivity index (χ0v) is 12.0. The third-order valence-electron chi connectivity index (χ3n) is 3.12. The molecular formula is C13H16BrF3N2. The SMILES string of the molecule is Fc1ccc(Br)cc1CC(F)(F)CN1CCNCC1. The van der Waals surface area contributed by atoms with E-state index >= 15 is 0 Å². The number of hydrogen-bond acceptors (Lipinski definition) is 2. The fourth-order valence-corrected chi connectivity index (χ4v) is 2.62. The molecule has 2 nitrogen and oxygen atoms in total. The molecule has 0 aliphatic carbocycles. The van der Waals surface area contributed by atoms with Crippen LogP contribution >= 0.6 is 15.9 Å². The molecule has 1 N–H and O–H groups in total. The van der Waals surface area contributed by atoms with E-state index in [4.69, 9.17) is 0 Å². The molecule has 0 unspecified atom stereocenters. The molecule has 0 radical (unpaired) electrons. The summed E-state index contributed by atoms with van der Waals surface area (Å²) >= 11 is 3.17.